The molecule has 0 radical (unpaired) electrons. The highest BCUT2D eigenvalue weighted by Crippen LogP contribution is 2.17. The van der Waals surface area contributed by atoms with Crippen molar-refractivity contribution in [2.75, 3.05) is 13.2 Å². The topological polar surface area (TPSA) is 105 Å². The fourth-order valence-electron chi connectivity index (χ4n) is 3.16. The number of carbonyl (C=O) groups is 4. The Bertz CT molecular complexity index is 849. The lowest BCUT2D eigenvalue weighted by Gasteiger charge is -2.08. The minimum atomic E-state index is -0.812. The van der Waals surface area contributed by atoms with Gasteiger partial charge in [0.2, 0.25) is 0 Å². The smallest absolute Gasteiger partial charge is 0.434 e. The van der Waals surface area contributed by atoms with Crippen LogP contribution in [0.1, 0.15) is 72.1 Å². The molecule has 0 aliphatic carbocycles. The molecule has 2 aromatic rings. The SMILES string of the molecule is O=Cc1ccccc1OC(=O)OCCCCCCCCCCOC(=O)Oc1ccccc1C=O. The second kappa shape index (κ2) is 16.0. The molecule has 0 unspecified atom stereocenters. The number of unbranched alkanes of at least 4 members (excludes halogenated alkanes) is 7. The maximum absolute atomic E-state index is 11.7. The van der Waals surface area contributed by atoms with E-state index < -0.39 is 12.3 Å². The molecule has 0 fully saturated rings. The standard InChI is InChI=1S/C26H30O8/c27-19-21-13-7-9-15-23(21)33-25(29)31-17-11-5-3-1-2-4-6-12-18-32-26(30)34-24-16-10-8-14-22(24)20-28/h7-10,13-16,19-20H,1-6,11-12,17-18H2. The largest absolute Gasteiger partial charge is 0.513 e. The van der Waals surface area contributed by atoms with E-state index in [0.29, 0.717) is 23.7 Å². The Hall–Kier alpha value is -3.68. The van der Waals surface area contributed by atoms with Crippen LogP contribution in [0.25, 0.3) is 0 Å². The van der Waals surface area contributed by atoms with Crippen LogP contribution in [0.4, 0.5) is 9.59 Å². The first kappa shape index (κ1) is 26.6. The van der Waals surface area contributed by atoms with Crippen molar-refractivity contribution in [2.24, 2.45) is 0 Å². The van der Waals surface area contributed by atoms with E-state index in [1.54, 1.807) is 36.4 Å². The number of ether oxygens (including phenoxy) is 4. The van der Waals surface area contributed by atoms with Crippen LogP contribution in [0, 0.1) is 0 Å². The van der Waals surface area contributed by atoms with Gasteiger partial charge in [0.1, 0.15) is 11.5 Å². The molecule has 0 saturated heterocycles. The number of hydrogen-bond acceptors (Lipinski definition) is 8. The summed E-state index contributed by atoms with van der Waals surface area (Å²) in [6.07, 6.45) is 7.21. The number of rotatable bonds is 15. The van der Waals surface area contributed by atoms with Gasteiger partial charge in [-0.25, -0.2) is 9.59 Å². The molecule has 0 spiro atoms. The van der Waals surface area contributed by atoms with E-state index in [1.807, 2.05) is 0 Å². The lowest BCUT2D eigenvalue weighted by Crippen LogP contribution is -2.12. The molecule has 0 heterocycles. The molecule has 182 valence electrons. The zero-order valence-corrected chi connectivity index (χ0v) is 19.1. The Morgan fingerprint density at radius 1 is 0.559 bits per heavy atom. The number of carbonyl (C=O) groups excluding carboxylic acids is 4. The zero-order chi connectivity index (χ0) is 24.4. The Morgan fingerprint density at radius 3 is 1.29 bits per heavy atom. The van der Waals surface area contributed by atoms with E-state index in [0.717, 1.165) is 51.4 Å². The summed E-state index contributed by atoms with van der Waals surface area (Å²) in [4.78, 5) is 45.2. The molecule has 0 aromatic heterocycles. The lowest BCUT2D eigenvalue weighted by molar-refractivity contribution is 0.0949. The first-order valence-electron chi connectivity index (χ1n) is 11.4. The quantitative estimate of drug-likeness (QED) is 0.132. The Balaban J connectivity index is 1.41. The van der Waals surface area contributed by atoms with Crippen LogP contribution in [-0.2, 0) is 9.47 Å². The summed E-state index contributed by atoms with van der Waals surface area (Å²) >= 11 is 0. The summed E-state index contributed by atoms with van der Waals surface area (Å²) < 4.78 is 20.2. The van der Waals surface area contributed by atoms with Crippen molar-refractivity contribution in [3.05, 3.63) is 59.7 Å². The molecule has 0 atom stereocenters. The second-order valence-electron chi connectivity index (χ2n) is 7.54. The van der Waals surface area contributed by atoms with Gasteiger partial charge in [0.15, 0.2) is 12.6 Å². The molecule has 0 saturated carbocycles. The maximum atomic E-state index is 11.7. The fraction of sp³-hybridized carbons (Fsp3) is 0.385. The lowest BCUT2D eigenvalue weighted by atomic mass is 10.1. The van der Waals surface area contributed by atoms with Gasteiger partial charge in [0, 0.05) is 0 Å². The summed E-state index contributed by atoms with van der Waals surface area (Å²) in [6, 6.07) is 12.9. The van der Waals surface area contributed by atoms with Gasteiger partial charge < -0.3 is 18.9 Å². The number of benzene rings is 2. The predicted octanol–water partition coefficient (Wildman–Crippen LogP) is 6.16. The highest BCUT2D eigenvalue weighted by atomic mass is 16.7. The van der Waals surface area contributed by atoms with Crippen LogP contribution in [-0.4, -0.2) is 38.1 Å². The van der Waals surface area contributed by atoms with E-state index in [-0.39, 0.29) is 24.7 Å². The summed E-state index contributed by atoms with van der Waals surface area (Å²) in [6.45, 7) is 0.541. The van der Waals surface area contributed by atoms with Gasteiger partial charge in [-0.3, -0.25) is 9.59 Å². The summed E-state index contributed by atoms with van der Waals surface area (Å²) in [5.74, 6) is 0.376. The van der Waals surface area contributed by atoms with Gasteiger partial charge in [-0.2, -0.15) is 0 Å². The third-order valence-corrected chi connectivity index (χ3v) is 4.96. The van der Waals surface area contributed by atoms with Crippen molar-refractivity contribution in [1.29, 1.82) is 0 Å². The Morgan fingerprint density at radius 2 is 0.912 bits per heavy atom. The van der Waals surface area contributed by atoms with Gasteiger partial charge >= 0.3 is 12.3 Å². The number of aldehydes is 2. The first-order valence-corrected chi connectivity index (χ1v) is 11.4. The second-order valence-corrected chi connectivity index (χ2v) is 7.54. The van der Waals surface area contributed by atoms with Crippen molar-refractivity contribution < 1.29 is 38.1 Å². The molecular formula is C26H30O8. The molecule has 34 heavy (non-hydrogen) atoms. The van der Waals surface area contributed by atoms with E-state index >= 15 is 0 Å². The minimum Gasteiger partial charge on any atom is -0.434 e. The molecule has 0 N–H and O–H groups in total. The summed E-state index contributed by atoms with van der Waals surface area (Å²) in [7, 11) is 0. The van der Waals surface area contributed by atoms with Crippen molar-refractivity contribution in [3.8, 4) is 11.5 Å². The van der Waals surface area contributed by atoms with Gasteiger partial charge in [-0.1, -0.05) is 62.8 Å². The van der Waals surface area contributed by atoms with Crippen LogP contribution in [0.3, 0.4) is 0 Å². The van der Waals surface area contributed by atoms with Crippen LogP contribution in [0.2, 0.25) is 0 Å². The van der Waals surface area contributed by atoms with E-state index in [2.05, 4.69) is 0 Å². The van der Waals surface area contributed by atoms with Crippen LogP contribution < -0.4 is 9.47 Å². The van der Waals surface area contributed by atoms with E-state index in [9.17, 15) is 19.2 Å². The predicted molar refractivity (Wildman–Crippen MR) is 125 cm³/mol. The van der Waals surface area contributed by atoms with Crippen molar-refractivity contribution in [3.63, 3.8) is 0 Å². The van der Waals surface area contributed by atoms with E-state index in [4.69, 9.17) is 18.9 Å². The summed E-state index contributed by atoms with van der Waals surface area (Å²) in [5, 5.41) is 0. The van der Waals surface area contributed by atoms with Crippen LogP contribution in [0.15, 0.2) is 48.5 Å². The van der Waals surface area contributed by atoms with Gasteiger partial charge in [0.25, 0.3) is 0 Å². The van der Waals surface area contributed by atoms with Gasteiger partial charge in [-0.15, -0.1) is 0 Å². The number of para-hydroxylation sites is 2. The molecule has 8 heteroatoms. The first-order chi connectivity index (χ1) is 16.6. The van der Waals surface area contributed by atoms with Crippen LogP contribution in [0.5, 0.6) is 11.5 Å². The molecule has 2 aromatic carbocycles. The molecule has 8 nitrogen and oxygen atoms in total. The number of hydrogen-bond donors (Lipinski definition) is 0. The molecule has 0 bridgehead atoms. The molecular weight excluding hydrogens is 440 g/mol. The van der Waals surface area contributed by atoms with Crippen LogP contribution >= 0.6 is 0 Å². The molecule has 2 rings (SSSR count). The average Bonchev–Trinajstić information content (AvgIpc) is 2.85. The molecule has 0 aliphatic rings. The fourth-order valence-corrected chi connectivity index (χ4v) is 3.16. The Kier molecular flexibility index (Phi) is 12.5. The molecule has 0 amide bonds. The maximum Gasteiger partial charge on any atom is 0.513 e. The van der Waals surface area contributed by atoms with Crippen molar-refractivity contribution in [1.82, 2.24) is 0 Å². The van der Waals surface area contributed by atoms with Gasteiger partial charge in [-0.05, 0) is 37.1 Å². The van der Waals surface area contributed by atoms with Crippen molar-refractivity contribution >= 4 is 24.9 Å². The third-order valence-electron chi connectivity index (χ3n) is 4.96. The normalized spacial score (nSPS) is 10.2. The van der Waals surface area contributed by atoms with Crippen molar-refractivity contribution in [2.45, 2.75) is 51.4 Å². The Labute approximate surface area is 199 Å². The minimum absolute atomic E-state index is 0.188. The van der Waals surface area contributed by atoms with Gasteiger partial charge in [0.05, 0.1) is 24.3 Å². The zero-order valence-electron chi connectivity index (χ0n) is 19.1. The monoisotopic (exact) mass is 470 g/mol. The highest BCUT2D eigenvalue weighted by molar-refractivity contribution is 5.81. The third kappa shape index (κ3) is 10.3. The summed E-state index contributed by atoms with van der Waals surface area (Å²) in [5.41, 5.74) is 0.595. The average molecular weight is 471 g/mol. The molecule has 0 aliphatic heterocycles. The highest BCUT2D eigenvalue weighted by Gasteiger charge is 2.10. The van der Waals surface area contributed by atoms with E-state index in [1.165, 1.54) is 12.1 Å².